The number of benzene rings is 1. The molecule has 0 aliphatic carbocycles. The van der Waals surface area contributed by atoms with Gasteiger partial charge in [0.25, 0.3) is 0 Å². The van der Waals surface area contributed by atoms with E-state index in [1.807, 2.05) is 59.7 Å². The molecule has 0 bridgehead atoms. The summed E-state index contributed by atoms with van der Waals surface area (Å²) in [5.41, 5.74) is 0.497. The van der Waals surface area contributed by atoms with Crippen LogP contribution in [0.25, 0.3) is 0 Å². The van der Waals surface area contributed by atoms with E-state index in [0.29, 0.717) is 31.4 Å². The zero-order valence-electron chi connectivity index (χ0n) is 23.8. The van der Waals surface area contributed by atoms with Crippen molar-refractivity contribution in [3.63, 3.8) is 0 Å². The summed E-state index contributed by atoms with van der Waals surface area (Å²) in [6.07, 6.45) is 3.37. The smallest absolute Gasteiger partial charge is 0.432 e. The lowest BCUT2D eigenvalue weighted by atomic mass is 9.72. The molecule has 2 atom stereocenters. The van der Waals surface area contributed by atoms with E-state index in [2.05, 4.69) is 9.73 Å². The molecule has 8 nitrogen and oxygen atoms in total. The lowest BCUT2D eigenvalue weighted by molar-refractivity contribution is 0.0811. The Morgan fingerprint density at radius 2 is 1.84 bits per heavy atom. The molecule has 0 aliphatic heterocycles. The zero-order chi connectivity index (χ0) is 28.6. The minimum absolute atomic E-state index is 0.0792. The van der Waals surface area contributed by atoms with E-state index in [4.69, 9.17) is 9.15 Å². The number of Topliss-reactive ketones (excluding diaryl/α,β-unsaturated/α-hetero) is 1. The molecule has 1 amide bonds. The Bertz CT molecular complexity index is 1210. The van der Waals surface area contributed by atoms with Crippen LogP contribution in [0.15, 0.2) is 38.5 Å². The van der Waals surface area contributed by atoms with Gasteiger partial charge in [-0.15, -0.1) is 0 Å². The number of rotatable bonds is 12. The number of nitrogens with zero attached hydrogens (tertiary/aromatic N) is 1. The van der Waals surface area contributed by atoms with E-state index in [1.54, 1.807) is 6.92 Å². The number of amides is 1. The van der Waals surface area contributed by atoms with Gasteiger partial charge in [-0.2, -0.15) is 4.99 Å². The molecule has 208 valence electrons. The number of unbranched alkanes of at least 4 members (excludes halogenated alkanes) is 1. The predicted octanol–water partition coefficient (Wildman–Crippen LogP) is 6.64. The van der Waals surface area contributed by atoms with Gasteiger partial charge in [0.2, 0.25) is 0 Å². The summed E-state index contributed by atoms with van der Waals surface area (Å²) in [6.45, 7) is 13.6. The van der Waals surface area contributed by atoms with Crippen molar-refractivity contribution in [1.29, 1.82) is 0 Å². The van der Waals surface area contributed by atoms with Crippen molar-refractivity contribution >= 4 is 18.1 Å². The Morgan fingerprint density at radius 3 is 2.42 bits per heavy atom. The van der Waals surface area contributed by atoms with Gasteiger partial charge in [0, 0.05) is 24.1 Å². The minimum Gasteiger partial charge on any atom is -0.507 e. The summed E-state index contributed by atoms with van der Waals surface area (Å²) in [7, 11) is 1.26. The number of methoxy groups -OCH3 is 1. The second-order valence-electron chi connectivity index (χ2n) is 10.8. The summed E-state index contributed by atoms with van der Waals surface area (Å²) in [4.78, 5) is 40.9. The molecule has 1 N–H and O–H groups in total. The quantitative estimate of drug-likeness (QED) is 0.187. The highest BCUT2D eigenvalue weighted by Crippen LogP contribution is 2.36. The highest BCUT2D eigenvalue weighted by Gasteiger charge is 2.35. The number of aryl methyl sites for hydroxylation is 1. The molecule has 2 unspecified atom stereocenters. The van der Waals surface area contributed by atoms with Crippen molar-refractivity contribution in [2.75, 3.05) is 7.11 Å². The molecule has 0 aliphatic rings. The second-order valence-corrected chi connectivity index (χ2v) is 10.8. The van der Waals surface area contributed by atoms with Gasteiger partial charge in [-0.05, 0) is 75.1 Å². The molecule has 0 spiro atoms. The standard InChI is InChI=1S/C30H41NO7/c1-18(2)37-23-13-12-22(20(4)15-23)17-30(6,7)21(5)27(33)26-24(32)16-25(38-28(26)34)19(3)11-9-10-14-31-29(35)36-8/h12-16,18-19,21,32H,9-11,17H2,1-8H3. The van der Waals surface area contributed by atoms with Crippen LogP contribution in [0.1, 0.15) is 94.0 Å². The molecule has 1 aromatic heterocycles. The van der Waals surface area contributed by atoms with Gasteiger partial charge in [-0.25, -0.2) is 9.59 Å². The number of aromatic hydroxyl groups is 1. The molecule has 38 heavy (non-hydrogen) atoms. The first kappa shape index (κ1) is 30.8. The summed E-state index contributed by atoms with van der Waals surface area (Å²) >= 11 is 0. The normalized spacial score (nSPS) is 13.5. The Kier molecular flexibility index (Phi) is 10.9. The fraction of sp³-hybridized carbons (Fsp3) is 0.533. The minimum atomic E-state index is -0.835. The maximum absolute atomic E-state index is 13.4. The van der Waals surface area contributed by atoms with Crippen LogP contribution in [0, 0.1) is 18.3 Å². The number of ether oxygens (including phenoxy) is 2. The van der Waals surface area contributed by atoms with E-state index in [9.17, 15) is 19.5 Å². The van der Waals surface area contributed by atoms with Crippen LogP contribution in [0.3, 0.4) is 0 Å². The van der Waals surface area contributed by atoms with Crippen LogP contribution in [0.2, 0.25) is 0 Å². The lowest BCUT2D eigenvalue weighted by Gasteiger charge is -2.31. The highest BCUT2D eigenvalue weighted by molar-refractivity contribution is 6.00. The molecule has 0 radical (unpaired) electrons. The molecule has 1 aromatic carbocycles. The summed E-state index contributed by atoms with van der Waals surface area (Å²) in [6, 6.07) is 7.29. The Morgan fingerprint density at radius 1 is 1.16 bits per heavy atom. The number of carbonyl (C=O) groups is 2. The molecule has 0 saturated carbocycles. The van der Waals surface area contributed by atoms with Crippen molar-refractivity contribution in [3.8, 4) is 11.5 Å². The maximum Gasteiger partial charge on any atom is 0.432 e. The summed E-state index contributed by atoms with van der Waals surface area (Å²) < 4.78 is 15.7. The van der Waals surface area contributed by atoms with Crippen LogP contribution >= 0.6 is 0 Å². The molecule has 1 heterocycles. The van der Waals surface area contributed by atoms with Gasteiger partial charge in [0.15, 0.2) is 5.78 Å². The molecule has 8 heteroatoms. The third-order valence-electron chi connectivity index (χ3n) is 6.92. The van der Waals surface area contributed by atoms with Crippen molar-refractivity contribution in [1.82, 2.24) is 0 Å². The number of hydrogen-bond acceptors (Lipinski definition) is 7. The van der Waals surface area contributed by atoms with Gasteiger partial charge in [-0.1, -0.05) is 33.8 Å². The van der Waals surface area contributed by atoms with Gasteiger partial charge in [0.1, 0.15) is 22.8 Å². The van der Waals surface area contributed by atoms with Crippen LogP contribution in [-0.4, -0.2) is 36.4 Å². The average Bonchev–Trinajstić information content (AvgIpc) is 2.83. The Hall–Kier alpha value is -3.42. The highest BCUT2D eigenvalue weighted by atomic mass is 16.5. The topological polar surface area (TPSA) is 115 Å². The van der Waals surface area contributed by atoms with E-state index >= 15 is 0 Å². The number of carbonyl (C=O) groups excluding carboxylic acids is 2. The van der Waals surface area contributed by atoms with Crippen LogP contribution in [0.4, 0.5) is 4.79 Å². The first-order valence-corrected chi connectivity index (χ1v) is 13.0. The number of hydrogen-bond donors (Lipinski definition) is 1. The largest absolute Gasteiger partial charge is 0.507 e. The lowest BCUT2D eigenvalue weighted by Crippen LogP contribution is -2.33. The van der Waals surface area contributed by atoms with E-state index in [1.165, 1.54) is 19.4 Å². The molecule has 0 fully saturated rings. The second kappa shape index (κ2) is 13.4. The van der Waals surface area contributed by atoms with Crippen LogP contribution < -0.4 is 10.4 Å². The first-order chi connectivity index (χ1) is 17.8. The van der Waals surface area contributed by atoms with Crippen molar-refractivity contribution in [2.45, 2.75) is 86.2 Å². The van der Waals surface area contributed by atoms with Gasteiger partial charge < -0.3 is 19.0 Å². The van der Waals surface area contributed by atoms with Crippen LogP contribution in [-0.2, 0) is 11.2 Å². The van der Waals surface area contributed by atoms with E-state index in [0.717, 1.165) is 16.9 Å². The van der Waals surface area contributed by atoms with Crippen molar-refractivity contribution < 1.29 is 28.6 Å². The number of aliphatic imine (C=N–C) groups is 1. The third kappa shape index (κ3) is 8.30. The monoisotopic (exact) mass is 527 g/mol. The number of ketones is 1. The molecule has 2 aromatic rings. The van der Waals surface area contributed by atoms with E-state index < -0.39 is 28.8 Å². The zero-order valence-corrected chi connectivity index (χ0v) is 23.8. The van der Waals surface area contributed by atoms with Gasteiger partial charge in [-0.3, -0.25) is 4.79 Å². The maximum atomic E-state index is 13.4. The Labute approximate surface area is 225 Å². The predicted molar refractivity (Wildman–Crippen MR) is 148 cm³/mol. The molecular weight excluding hydrogens is 486 g/mol. The molecule has 0 saturated heterocycles. The molecular formula is C30H41NO7. The van der Waals surface area contributed by atoms with Crippen molar-refractivity contribution in [2.24, 2.45) is 16.3 Å². The average molecular weight is 528 g/mol. The third-order valence-corrected chi connectivity index (χ3v) is 6.92. The Balaban J connectivity index is 2.13. The molecule has 2 rings (SSSR count). The van der Waals surface area contributed by atoms with Crippen LogP contribution in [0.5, 0.6) is 11.5 Å². The van der Waals surface area contributed by atoms with Gasteiger partial charge >= 0.3 is 11.7 Å². The summed E-state index contributed by atoms with van der Waals surface area (Å²) in [5, 5.41) is 10.7. The fourth-order valence-corrected chi connectivity index (χ4v) is 4.25. The van der Waals surface area contributed by atoms with Gasteiger partial charge in [0.05, 0.1) is 13.2 Å². The van der Waals surface area contributed by atoms with Crippen molar-refractivity contribution in [3.05, 3.63) is 57.1 Å². The SMILES string of the molecule is COC(=O)N=CCCCC(C)c1cc(O)c(C(=O)C(C)C(C)(C)Cc2ccc(OC(C)C)cc2C)c(=O)o1. The first-order valence-electron chi connectivity index (χ1n) is 13.0. The van der Waals surface area contributed by atoms with E-state index in [-0.39, 0.29) is 23.3 Å². The summed E-state index contributed by atoms with van der Waals surface area (Å²) in [5.74, 6) is -0.441. The fourth-order valence-electron chi connectivity index (χ4n) is 4.25.